The fourth-order valence-corrected chi connectivity index (χ4v) is 2.29. The summed E-state index contributed by atoms with van der Waals surface area (Å²) in [6.07, 6.45) is 2.57. The number of anilines is 1. The Bertz CT molecular complexity index is 631. The minimum absolute atomic E-state index is 0.0615. The molecule has 6 heteroatoms. The number of hydrogen-bond donors (Lipinski definition) is 1. The van der Waals surface area contributed by atoms with Crippen molar-refractivity contribution in [3.8, 4) is 0 Å². The first-order valence-electron chi connectivity index (χ1n) is 6.90. The first kappa shape index (κ1) is 15.7. The van der Waals surface area contributed by atoms with Crippen LogP contribution in [0.3, 0.4) is 0 Å². The largest absolute Gasteiger partial charge is 0.463 e. The lowest BCUT2D eigenvalue weighted by Gasteiger charge is -2.09. The van der Waals surface area contributed by atoms with Crippen molar-refractivity contribution in [2.75, 3.05) is 11.9 Å². The Hall–Kier alpha value is -1.69. The predicted molar refractivity (Wildman–Crippen MR) is 86.2 cm³/mol. The lowest BCUT2D eigenvalue weighted by atomic mass is 10.2. The number of ether oxygens (including phenoxy) is 1. The van der Waals surface area contributed by atoms with Crippen LogP contribution in [0.25, 0.3) is 10.9 Å². The molecule has 0 radical (unpaired) electrons. The fraction of sp³-hybridized carbons (Fsp3) is 0.400. The van der Waals surface area contributed by atoms with Gasteiger partial charge in [-0.1, -0.05) is 15.9 Å². The van der Waals surface area contributed by atoms with Gasteiger partial charge in [-0.3, -0.25) is 4.79 Å². The number of aromatic nitrogens is 2. The number of carbonyl (C=O) groups excluding carboxylic acids is 1. The third-order valence-electron chi connectivity index (χ3n) is 2.81. The van der Waals surface area contributed by atoms with Gasteiger partial charge < -0.3 is 10.1 Å². The number of halogens is 1. The van der Waals surface area contributed by atoms with E-state index >= 15 is 0 Å². The van der Waals surface area contributed by atoms with Crippen molar-refractivity contribution in [2.24, 2.45) is 0 Å². The zero-order valence-electron chi connectivity index (χ0n) is 12.1. The van der Waals surface area contributed by atoms with E-state index in [0.29, 0.717) is 19.4 Å². The summed E-state index contributed by atoms with van der Waals surface area (Å²) in [5, 5.41) is 4.20. The molecule has 0 amide bonds. The number of carbonyl (C=O) groups is 1. The first-order chi connectivity index (χ1) is 10.1. The molecule has 0 saturated heterocycles. The summed E-state index contributed by atoms with van der Waals surface area (Å²) >= 11 is 3.45. The van der Waals surface area contributed by atoms with Gasteiger partial charge in [-0.25, -0.2) is 9.97 Å². The van der Waals surface area contributed by atoms with E-state index in [1.165, 1.54) is 6.33 Å². The van der Waals surface area contributed by atoms with Gasteiger partial charge in [0.05, 0.1) is 11.6 Å². The maximum absolute atomic E-state index is 11.4. The molecule has 1 aromatic heterocycles. The topological polar surface area (TPSA) is 64.1 Å². The monoisotopic (exact) mass is 351 g/mol. The minimum atomic E-state index is -0.165. The Morgan fingerprint density at radius 2 is 2.19 bits per heavy atom. The van der Waals surface area contributed by atoms with Crippen molar-refractivity contribution >= 4 is 38.6 Å². The van der Waals surface area contributed by atoms with Crippen molar-refractivity contribution in [1.82, 2.24) is 9.97 Å². The summed E-state index contributed by atoms with van der Waals surface area (Å²) in [5.41, 5.74) is 0.884. The van der Waals surface area contributed by atoms with E-state index in [9.17, 15) is 4.79 Å². The summed E-state index contributed by atoms with van der Waals surface area (Å²) in [6.45, 7) is 4.36. The van der Waals surface area contributed by atoms with Gasteiger partial charge in [0.2, 0.25) is 0 Å². The molecule has 2 rings (SSSR count). The van der Waals surface area contributed by atoms with Gasteiger partial charge in [0, 0.05) is 22.8 Å². The second kappa shape index (κ2) is 7.36. The van der Waals surface area contributed by atoms with Crippen LogP contribution >= 0.6 is 15.9 Å². The highest BCUT2D eigenvalue weighted by atomic mass is 79.9. The number of hydrogen-bond acceptors (Lipinski definition) is 5. The Balaban J connectivity index is 1.92. The molecular weight excluding hydrogens is 334 g/mol. The molecule has 0 aliphatic carbocycles. The fourth-order valence-electron chi connectivity index (χ4n) is 1.93. The maximum atomic E-state index is 11.4. The van der Waals surface area contributed by atoms with Gasteiger partial charge >= 0.3 is 5.97 Å². The molecule has 112 valence electrons. The van der Waals surface area contributed by atoms with Crippen molar-refractivity contribution in [2.45, 2.75) is 32.8 Å². The summed E-state index contributed by atoms with van der Waals surface area (Å²) in [7, 11) is 0. The van der Waals surface area contributed by atoms with Crippen LogP contribution < -0.4 is 5.32 Å². The van der Waals surface area contributed by atoms with Crippen molar-refractivity contribution in [3.05, 3.63) is 29.0 Å². The summed E-state index contributed by atoms with van der Waals surface area (Å²) in [4.78, 5) is 19.9. The van der Waals surface area contributed by atoms with Gasteiger partial charge in [-0.2, -0.15) is 0 Å². The predicted octanol–water partition coefficient (Wildman–Crippen LogP) is 3.54. The van der Waals surface area contributed by atoms with E-state index in [4.69, 9.17) is 4.74 Å². The molecule has 1 heterocycles. The molecule has 0 unspecified atom stereocenters. The second-order valence-corrected chi connectivity index (χ2v) is 5.87. The van der Waals surface area contributed by atoms with E-state index in [1.807, 2.05) is 32.0 Å². The number of rotatable bonds is 6. The highest BCUT2D eigenvalue weighted by Crippen LogP contribution is 2.23. The van der Waals surface area contributed by atoms with Crippen LogP contribution in [-0.2, 0) is 9.53 Å². The van der Waals surface area contributed by atoms with Crippen molar-refractivity contribution in [3.63, 3.8) is 0 Å². The van der Waals surface area contributed by atoms with Crippen molar-refractivity contribution < 1.29 is 9.53 Å². The molecule has 0 saturated carbocycles. The minimum Gasteiger partial charge on any atom is -0.463 e. The molecule has 0 aliphatic heterocycles. The first-order valence-corrected chi connectivity index (χ1v) is 7.69. The highest BCUT2D eigenvalue weighted by molar-refractivity contribution is 9.10. The molecule has 0 fully saturated rings. The number of benzene rings is 1. The SMILES string of the molecule is CC(C)OC(=O)CCCNc1ncnc2ccc(Br)cc12. The number of nitrogens with one attached hydrogen (secondary N) is 1. The third-order valence-corrected chi connectivity index (χ3v) is 3.31. The van der Waals surface area contributed by atoms with Gasteiger partial charge in [0.15, 0.2) is 0 Å². The molecule has 1 aromatic carbocycles. The quantitative estimate of drug-likeness (QED) is 0.636. The Labute approximate surface area is 132 Å². The number of nitrogens with zero attached hydrogens (tertiary/aromatic N) is 2. The van der Waals surface area contributed by atoms with Crippen LogP contribution in [0.1, 0.15) is 26.7 Å². The molecule has 0 atom stereocenters. The van der Waals surface area contributed by atoms with Gasteiger partial charge in [-0.15, -0.1) is 0 Å². The number of fused-ring (bicyclic) bond motifs is 1. The maximum Gasteiger partial charge on any atom is 0.306 e. The Kier molecular flexibility index (Phi) is 5.50. The third kappa shape index (κ3) is 4.67. The Morgan fingerprint density at radius 1 is 1.38 bits per heavy atom. The van der Waals surface area contributed by atoms with Crippen LogP contribution in [0, 0.1) is 0 Å². The lowest BCUT2D eigenvalue weighted by Crippen LogP contribution is -2.13. The molecule has 0 aliphatic rings. The van der Waals surface area contributed by atoms with Gasteiger partial charge in [0.1, 0.15) is 12.1 Å². The van der Waals surface area contributed by atoms with Crippen molar-refractivity contribution in [1.29, 1.82) is 0 Å². The van der Waals surface area contributed by atoms with Gasteiger partial charge in [-0.05, 0) is 38.5 Å². The van der Waals surface area contributed by atoms with E-state index in [-0.39, 0.29) is 12.1 Å². The molecule has 1 N–H and O–H groups in total. The van der Waals surface area contributed by atoms with E-state index in [2.05, 4.69) is 31.2 Å². The average molecular weight is 352 g/mol. The highest BCUT2D eigenvalue weighted by Gasteiger charge is 2.06. The zero-order valence-corrected chi connectivity index (χ0v) is 13.7. The van der Waals surface area contributed by atoms with Crippen LogP contribution in [0.2, 0.25) is 0 Å². The van der Waals surface area contributed by atoms with Gasteiger partial charge in [0.25, 0.3) is 0 Å². The standard InChI is InChI=1S/C15H18BrN3O2/c1-10(2)21-14(20)4-3-7-17-15-12-8-11(16)5-6-13(12)18-9-19-15/h5-6,8-10H,3-4,7H2,1-2H3,(H,17,18,19). The molecule has 0 bridgehead atoms. The summed E-state index contributed by atoms with van der Waals surface area (Å²) in [6, 6.07) is 5.86. The van der Waals surface area contributed by atoms with E-state index in [1.54, 1.807) is 0 Å². The molecule has 0 spiro atoms. The average Bonchev–Trinajstić information content (AvgIpc) is 2.43. The van der Waals surface area contributed by atoms with Crippen LogP contribution in [0.4, 0.5) is 5.82 Å². The summed E-state index contributed by atoms with van der Waals surface area (Å²) < 4.78 is 6.07. The van der Waals surface area contributed by atoms with Crippen LogP contribution in [0.15, 0.2) is 29.0 Å². The van der Waals surface area contributed by atoms with E-state index in [0.717, 1.165) is 21.2 Å². The van der Waals surface area contributed by atoms with E-state index < -0.39 is 0 Å². The molecular formula is C15H18BrN3O2. The summed E-state index contributed by atoms with van der Waals surface area (Å²) in [5.74, 6) is 0.612. The normalized spacial score (nSPS) is 10.9. The van der Waals surface area contributed by atoms with Crippen LogP contribution in [-0.4, -0.2) is 28.6 Å². The second-order valence-electron chi connectivity index (χ2n) is 4.95. The molecule has 21 heavy (non-hydrogen) atoms. The molecule has 5 nitrogen and oxygen atoms in total. The van der Waals surface area contributed by atoms with Crippen LogP contribution in [0.5, 0.6) is 0 Å². The lowest BCUT2D eigenvalue weighted by molar-refractivity contribution is -0.147. The molecule has 2 aromatic rings. The zero-order chi connectivity index (χ0) is 15.2. The Morgan fingerprint density at radius 3 is 2.95 bits per heavy atom. The smallest absolute Gasteiger partial charge is 0.306 e. The number of esters is 1.